The Morgan fingerprint density at radius 1 is 0.326 bits per heavy atom. The summed E-state index contributed by atoms with van der Waals surface area (Å²) in [5, 5.41) is 12.8. The minimum atomic E-state index is 0.00704. The Labute approximate surface area is 804 Å². The maximum atomic E-state index is 12.3. The number of likely N-dealkylation sites (N-methyl/N-ethyl adjacent to an activating group) is 1. The van der Waals surface area contributed by atoms with Crippen molar-refractivity contribution in [2.45, 2.75) is 223 Å². The Balaban J connectivity index is 0.000000135. The van der Waals surface area contributed by atoms with Crippen LogP contribution in [-0.2, 0) is 40.4 Å². The number of hydrogen-bond donors (Lipinski definition) is 0. The minimum absolute atomic E-state index is 0.00704. The molecule has 0 radical (unpaired) electrons. The monoisotopic (exact) mass is 1800 g/mol. The lowest BCUT2D eigenvalue weighted by Crippen LogP contribution is -2.15. The smallest absolute Gasteiger partial charge is 0.231 e. The largest absolute Gasteiger partial charge is 0.486 e. The molecule has 12 aromatic carbocycles. The van der Waals surface area contributed by atoms with E-state index < -0.39 is 0 Å². The summed E-state index contributed by atoms with van der Waals surface area (Å²) in [5.41, 5.74) is 26.4. The highest BCUT2D eigenvalue weighted by molar-refractivity contribution is 5.87. The van der Waals surface area contributed by atoms with Crippen LogP contribution in [0.4, 0.5) is 5.69 Å². The average Bonchev–Trinajstić information content (AvgIpc) is 1.70. The first-order chi connectivity index (χ1) is 64.8. The van der Waals surface area contributed by atoms with Crippen molar-refractivity contribution >= 4 is 71.0 Å². The molecule has 3 aliphatic heterocycles. The average molecular weight is 1800 g/mol. The van der Waals surface area contributed by atoms with Crippen molar-refractivity contribution in [3.8, 4) is 34.3 Å². The highest BCUT2D eigenvalue weighted by Gasteiger charge is 2.20. The van der Waals surface area contributed by atoms with Crippen LogP contribution in [0.1, 0.15) is 276 Å². The summed E-state index contributed by atoms with van der Waals surface area (Å²) >= 11 is 0. The van der Waals surface area contributed by atoms with Gasteiger partial charge in [-0.15, -0.1) is 0 Å². The van der Waals surface area contributed by atoms with Crippen LogP contribution in [0.25, 0.3) is 76.7 Å². The Bertz CT molecular complexity index is 6520. The lowest BCUT2D eigenvalue weighted by Gasteiger charge is -2.19. The van der Waals surface area contributed by atoms with Gasteiger partial charge in [0.2, 0.25) is 6.79 Å². The van der Waals surface area contributed by atoms with Gasteiger partial charge in [-0.3, -0.25) is 14.5 Å². The van der Waals surface area contributed by atoms with Crippen LogP contribution in [0.15, 0.2) is 301 Å². The molecule has 0 bridgehead atoms. The number of fused-ring (bicyclic) bond motifs is 10. The van der Waals surface area contributed by atoms with E-state index >= 15 is 0 Å². The van der Waals surface area contributed by atoms with Crippen molar-refractivity contribution in [1.29, 1.82) is 0 Å². The fraction of sp³-hybridized carbons (Fsp3) is 0.341. The van der Waals surface area contributed by atoms with E-state index in [1.165, 1.54) is 142 Å². The highest BCUT2D eigenvalue weighted by Crippen LogP contribution is 2.38. The quantitative estimate of drug-likeness (QED) is 0.125. The molecular weight excluding hydrogens is 1660 g/mol. The maximum Gasteiger partial charge on any atom is 0.231 e. The Morgan fingerprint density at radius 2 is 0.807 bits per heavy atom. The van der Waals surface area contributed by atoms with Crippen molar-refractivity contribution in [2.75, 3.05) is 38.5 Å². The number of rotatable bonds is 11. The van der Waals surface area contributed by atoms with E-state index in [1.54, 1.807) is 17.2 Å². The third-order valence-corrected chi connectivity index (χ3v) is 25.8. The van der Waals surface area contributed by atoms with E-state index in [1.807, 2.05) is 96.9 Å². The van der Waals surface area contributed by atoms with Crippen LogP contribution in [0, 0.1) is 0 Å². The van der Waals surface area contributed by atoms with Crippen LogP contribution in [0.5, 0.6) is 23.0 Å². The van der Waals surface area contributed by atoms with Crippen molar-refractivity contribution in [3.63, 3.8) is 0 Å². The zero-order valence-corrected chi connectivity index (χ0v) is 84.8. The maximum absolute atomic E-state index is 12.3. The first-order valence-corrected chi connectivity index (χ1v) is 49.0. The molecule has 17 aromatic rings. The molecule has 1 aliphatic carbocycles. The van der Waals surface area contributed by atoms with Crippen molar-refractivity contribution in [2.24, 2.45) is 21.1 Å². The van der Waals surface area contributed by atoms with Gasteiger partial charge in [-0.25, -0.2) is 0 Å². The third kappa shape index (κ3) is 26.8. The highest BCUT2D eigenvalue weighted by atomic mass is 16.7. The van der Waals surface area contributed by atoms with E-state index in [2.05, 4.69) is 384 Å². The van der Waals surface area contributed by atoms with E-state index in [0.717, 1.165) is 39.6 Å². The first-order valence-electron chi connectivity index (χ1n) is 49.0. The number of ether oxygens (including phenoxy) is 4. The standard InChI is InChI=1S/C18H16O2.C13H14.C12H17N.2C12H15N.C12H13N.C12H16.C11H14N2.C11H14O2.C10H12O2/c1-12(2)14-8-9-17-15(10-14)16(19)11-18(20-17)13-6-4-3-5-7-13;1-10(2)12-9-5-7-11-6-3-4-8-13(11)12;2*1-9(2)11-5-4-10-6-7-13(3)12(10)8-11;1-9(2)10-5-4-6-12-11(10)7-8-13(12)3;1-9(2)10-5-3-7-12-11(10)6-4-8-13-12;1-9(2)11-7-6-10-4-3-5-12(10)8-11;1-8(2)9-4-5-10-7-12-13(3)11(10)6-9;1-8(2)9-3-4-10-11(7-9)13-6-5-12-10;1-7(2)8-3-4-9-10(5-8)12-6-11-9/h3-12H,1-2H3;3-10H,1-2H3;4-5,8-9H,6-7H2,1-3H3;2*4-9H,1-3H3;3-9H,1-2H3;6-9H,3-5H2,1-2H3;4-8H,1-3H3;3-4,7-8H,5-6H2,1-2H3;3-5,7H,6H2,1-2H3. The fourth-order valence-electron chi connectivity index (χ4n) is 17.2. The van der Waals surface area contributed by atoms with E-state index in [9.17, 15) is 4.79 Å². The van der Waals surface area contributed by atoms with Crippen molar-refractivity contribution < 1.29 is 23.4 Å². The van der Waals surface area contributed by atoms with Gasteiger partial charge in [-0.05, 0) is 258 Å². The summed E-state index contributed by atoms with van der Waals surface area (Å²) in [6, 6.07) is 92.8. The number of aryl methyl sites for hydroxylation is 5. The molecule has 0 unspecified atom stereocenters. The second-order valence-electron chi connectivity index (χ2n) is 39.1. The van der Waals surface area contributed by atoms with Gasteiger partial charge in [0.15, 0.2) is 28.4 Å². The summed E-state index contributed by atoms with van der Waals surface area (Å²) in [6.45, 7) is 47.0. The molecule has 0 fully saturated rings. The Hall–Kier alpha value is -12.9. The van der Waals surface area contributed by atoms with Crippen LogP contribution in [0.3, 0.4) is 0 Å². The predicted octanol–water partition coefficient (Wildman–Crippen LogP) is 32.4. The molecule has 0 amide bonds. The summed E-state index contributed by atoms with van der Waals surface area (Å²) in [4.78, 5) is 19.0. The summed E-state index contributed by atoms with van der Waals surface area (Å²) in [6.07, 6.45) is 13.1. The molecule has 0 saturated heterocycles. The molecule has 0 atom stereocenters. The molecule has 135 heavy (non-hydrogen) atoms. The third-order valence-electron chi connectivity index (χ3n) is 25.8. The predicted molar refractivity (Wildman–Crippen MR) is 573 cm³/mol. The molecule has 5 aromatic heterocycles. The van der Waals surface area contributed by atoms with Gasteiger partial charge < -0.3 is 37.4 Å². The van der Waals surface area contributed by atoms with E-state index in [4.69, 9.17) is 23.4 Å². The second-order valence-corrected chi connectivity index (χ2v) is 39.1. The fourth-order valence-corrected chi connectivity index (χ4v) is 17.2. The van der Waals surface area contributed by atoms with Crippen molar-refractivity contribution in [1.82, 2.24) is 23.9 Å². The molecule has 0 N–H and O–H groups in total. The zero-order chi connectivity index (χ0) is 96.7. The van der Waals surface area contributed by atoms with Gasteiger partial charge >= 0.3 is 0 Å². The molecule has 8 heterocycles. The van der Waals surface area contributed by atoms with Crippen molar-refractivity contribution in [3.05, 3.63) is 374 Å². The number of aromatic nitrogens is 5. The van der Waals surface area contributed by atoms with Gasteiger partial charge in [-0.2, -0.15) is 5.10 Å². The Morgan fingerprint density at radius 3 is 1.46 bits per heavy atom. The molecule has 0 saturated carbocycles. The first kappa shape index (κ1) is 101. The van der Waals surface area contributed by atoms with Crippen LogP contribution >= 0.6 is 0 Å². The van der Waals surface area contributed by atoms with Gasteiger partial charge in [0, 0.05) is 97.8 Å². The van der Waals surface area contributed by atoms with Crippen LogP contribution in [-0.4, -0.2) is 57.5 Å². The molecule has 12 heteroatoms. The molecular formula is C123H146N6O6. The van der Waals surface area contributed by atoms with E-state index in [0.29, 0.717) is 95.9 Å². The van der Waals surface area contributed by atoms with Crippen LogP contribution in [0.2, 0.25) is 0 Å². The summed E-state index contributed by atoms with van der Waals surface area (Å²) < 4.78 is 33.5. The Kier molecular flexibility index (Phi) is 35.8. The van der Waals surface area contributed by atoms with E-state index in [-0.39, 0.29) is 5.43 Å². The molecule has 704 valence electrons. The minimum Gasteiger partial charge on any atom is -0.486 e. The summed E-state index contributed by atoms with van der Waals surface area (Å²) in [7, 11) is 8.33. The lowest BCUT2D eigenvalue weighted by atomic mass is 9.96. The molecule has 4 aliphatic rings. The topological polar surface area (TPSA) is 111 Å². The van der Waals surface area contributed by atoms with Gasteiger partial charge in [0.1, 0.15) is 24.6 Å². The second kappa shape index (κ2) is 47.8. The molecule has 0 spiro atoms. The SMILES string of the molecule is CC(C)c1ccc2c(c1)CCC2.CC(C)c1ccc2c(c1)N(C)CC2.CC(C)c1ccc2c(c1)OCCO2.CC(C)c1ccc2c(c1)OCO2.CC(C)c1ccc2ccn(C)c2c1.CC(C)c1ccc2cnn(C)c2c1.CC(C)c1ccc2oc(-c3ccccc3)cc(=O)c2c1.CC(C)c1cccc2c1ccn2C.CC(C)c1cccc2ccccc12.CC(C)c1cccc2ncccc12. The normalized spacial score (nSPS) is 12.5. The lowest BCUT2D eigenvalue weighted by molar-refractivity contribution is 0.171. The van der Waals surface area contributed by atoms with Gasteiger partial charge in [0.25, 0.3) is 0 Å². The number of hydrogen-bond acceptors (Lipinski definition) is 9. The molecule has 12 nitrogen and oxygen atoms in total. The number of anilines is 1. The van der Waals surface area contributed by atoms with Crippen LogP contribution < -0.4 is 29.3 Å². The number of pyridine rings is 1. The zero-order valence-electron chi connectivity index (χ0n) is 84.8. The summed E-state index contributed by atoms with van der Waals surface area (Å²) in [5.74, 6) is 9.86. The van der Waals surface area contributed by atoms with Gasteiger partial charge in [-0.1, -0.05) is 314 Å². The number of nitrogens with zero attached hydrogens (tertiary/aromatic N) is 6. The molecule has 21 rings (SSSR count). The number of benzene rings is 12. The van der Waals surface area contributed by atoms with Gasteiger partial charge in [0.05, 0.1) is 22.6 Å².